The fourth-order valence-electron chi connectivity index (χ4n) is 1.81. The molecule has 0 fully saturated rings. The van der Waals surface area contributed by atoms with Gasteiger partial charge < -0.3 is 5.11 Å². The highest BCUT2D eigenvalue weighted by Crippen LogP contribution is 2.27. The van der Waals surface area contributed by atoms with Gasteiger partial charge in [-0.3, -0.25) is 4.79 Å². The number of hydrogen-bond acceptors (Lipinski definition) is 2. The molecule has 2 aromatic rings. The third-order valence-electron chi connectivity index (χ3n) is 2.83. The Morgan fingerprint density at radius 3 is 2.26 bits per heavy atom. The summed E-state index contributed by atoms with van der Waals surface area (Å²) in [6.07, 6.45) is 0. The van der Waals surface area contributed by atoms with Crippen LogP contribution in [0, 0.1) is 6.92 Å². The van der Waals surface area contributed by atoms with Crippen molar-refractivity contribution in [1.29, 1.82) is 0 Å². The highest BCUT2D eigenvalue weighted by Gasteiger charge is 2.22. The highest BCUT2D eigenvalue weighted by molar-refractivity contribution is 6.36. The van der Waals surface area contributed by atoms with Crippen molar-refractivity contribution in [2.45, 2.75) is 6.92 Å². The minimum atomic E-state index is -1.17. The number of carboxylic acid groups (broad SMARTS) is 1. The summed E-state index contributed by atoms with van der Waals surface area (Å²) in [7, 11) is 0. The number of benzene rings is 2. The number of carbonyl (C=O) groups excluding carboxylic acids is 1. The average molecular weight is 275 g/mol. The van der Waals surface area contributed by atoms with Gasteiger partial charge in [0.05, 0.1) is 16.1 Å². The molecule has 0 radical (unpaired) electrons. The van der Waals surface area contributed by atoms with E-state index in [4.69, 9.17) is 16.7 Å². The maximum atomic E-state index is 12.4. The lowest BCUT2D eigenvalue weighted by Gasteiger charge is -2.10. The Labute approximate surface area is 115 Å². The molecule has 0 aliphatic heterocycles. The lowest BCUT2D eigenvalue weighted by Crippen LogP contribution is -2.11. The fraction of sp³-hybridized carbons (Fsp3) is 0.0667. The Morgan fingerprint density at radius 2 is 1.68 bits per heavy atom. The third-order valence-corrected chi connectivity index (χ3v) is 3.32. The molecule has 0 aliphatic carbocycles. The van der Waals surface area contributed by atoms with Crippen LogP contribution in [-0.2, 0) is 0 Å². The summed E-state index contributed by atoms with van der Waals surface area (Å²) in [5.74, 6) is -1.55. The molecule has 0 spiro atoms. The zero-order valence-corrected chi connectivity index (χ0v) is 10.9. The van der Waals surface area contributed by atoms with Gasteiger partial charge in [0.15, 0.2) is 5.78 Å². The topological polar surface area (TPSA) is 54.4 Å². The molecular formula is C15H11ClO3. The molecule has 0 atom stereocenters. The van der Waals surface area contributed by atoms with Gasteiger partial charge in [0.2, 0.25) is 0 Å². The molecule has 0 bridgehead atoms. The Morgan fingerprint density at radius 1 is 1.05 bits per heavy atom. The summed E-state index contributed by atoms with van der Waals surface area (Å²) in [5, 5.41) is 9.35. The van der Waals surface area contributed by atoms with E-state index in [0.29, 0.717) is 11.1 Å². The first-order valence-electron chi connectivity index (χ1n) is 5.64. The van der Waals surface area contributed by atoms with Gasteiger partial charge in [-0.1, -0.05) is 48.0 Å². The summed E-state index contributed by atoms with van der Waals surface area (Å²) in [5.41, 5.74) is 1.05. The van der Waals surface area contributed by atoms with Crippen LogP contribution < -0.4 is 0 Å². The van der Waals surface area contributed by atoms with Crippen molar-refractivity contribution in [3.8, 4) is 0 Å². The molecule has 0 aliphatic rings. The van der Waals surface area contributed by atoms with Crippen molar-refractivity contribution >= 4 is 23.4 Å². The summed E-state index contributed by atoms with van der Waals surface area (Å²) in [6.45, 7) is 1.73. The van der Waals surface area contributed by atoms with Gasteiger partial charge in [-0.05, 0) is 18.6 Å². The van der Waals surface area contributed by atoms with E-state index in [2.05, 4.69) is 0 Å². The summed E-state index contributed by atoms with van der Waals surface area (Å²) < 4.78 is 0. The van der Waals surface area contributed by atoms with E-state index >= 15 is 0 Å². The van der Waals surface area contributed by atoms with Gasteiger partial charge in [0.25, 0.3) is 0 Å². The molecule has 2 rings (SSSR count). The monoisotopic (exact) mass is 274 g/mol. The SMILES string of the molecule is Cc1ccc(C(=O)O)c(C(=O)c2ccccc2)c1Cl. The lowest BCUT2D eigenvalue weighted by molar-refractivity contribution is 0.0693. The van der Waals surface area contributed by atoms with Crippen molar-refractivity contribution in [3.63, 3.8) is 0 Å². The maximum Gasteiger partial charge on any atom is 0.336 e. The van der Waals surface area contributed by atoms with Crippen molar-refractivity contribution in [2.75, 3.05) is 0 Å². The Hall–Kier alpha value is -2.13. The number of carboxylic acids is 1. The highest BCUT2D eigenvalue weighted by atomic mass is 35.5. The number of hydrogen-bond donors (Lipinski definition) is 1. The van der Waals surface area contributed by atoms with Crippen LogP contribution in [0.5, 0.6) is 0 Å². The predicted molar refractivity (Wildman–Crippen MR) is 73.0 cm³/mol. The number of aromatic carboxylic acids is 1. The second-order valence-electron chi connectivity index (χ2n) is 4.12. The van der Waals surface area contributed by atoms with Crippen LogP contribution in [0.4, 0.5) is 0 Å². The van der Waals surface area contributed by atoms with Crippen LogP contribution in [0.15, 0.2) is 42.5 Å². The summed E-state index contributed by atoms with van der Waals surface area (Å²) in [6, 6.07) is 11.5. The van der Waals surface area contributed by atoms with Crippen molar-refractivity contribution in [2.24, 2.45) is 0 Å². The fourth-order valence-corrected chi connectivity index (χ4v) is 2.06. The zero-order valence-electron chi connectivity index (χ0n) is 10.2. The molecule has 0 saturated carbocycles. The van der Waals surface area contributed by atoms with Gasteiger partial charge >= 0.3 is 5.97 Å². The molecule has 96 valence electrons. The maximum absolute atomic E-state index is 12.4. The van der Waals surface area contributed by atoms with Gasteiger partial charge in [0.1, 0.15) is 0 Å². The molecule has 0 saturated heterocycles. The molecule has 3 nitrogen and oxygen atoms in total. The molecule has 0 heterocycles. The molecule has 4 heteroatoms. The number of aryl methyl sites for hydroxylation is 1. The molecule has 0 unspecified atom stereocenters. The van der Waals surface area contributed by atoms with E-state index < -0.39 is 5.97 Å². The quantitative estimate of drug-likeness (QED) is 0.871. The zero-order chi connectivity index (χ0) is 14.0. The summed E-state index contributed by atoms with van der Waals surface area (Å²) >= 11 is 6.10. The molecule has 19 heavy (non-hydrogen) atoms. The predicted octanol–water partition coefficient (Wildman–Crippen LogP) is 3.58. The van der Waals surface area contributed by atoms with E-state index in [0.717, 1.165) is 0 Å². The summed E-state index contributed by atoms with van der Waals surface area (Å²) in [4.78, 5) is 23.6. The second kappa shape index (κ2) is 5.24. The third kappa shape index (κ3) is 2.51. The van der Waals surface area contributed by atoms with E-state index in [1.165, 1.54) is 6.07 Å². The second-order valence-corrected chi connectivity index (χ2v) is 4.50. The molecule has 0 amide bonds. The Bertz CT molecular complexity index is 648. The van der Waals surface area contributed by atoms with Crippen LogP contribution in [-0.4, -0.2) is 16.9 Å². The first-order valence-corrected chi connectivity index (χ1v) is 6.02. The number of halogens is 1. The van der Waals surface area contributed by atoms with E-state index in [-0.39, 0.29) is 21.9 Å². The number of ketones is 1. The normalized spacial score (nSPS) is 10.2. The minimum absolute atomic E-state index is 0.0420. The van der Waals surface area contributed by atoms with Crippen LogP contribution >= 0.6 is 11.6 Å². The van der Waals surface area contributed by atoms with Crippen LogP contribution in [0.2, 0.25) is 5.02 Å². The van der Waals surface area contributed by atoms with E-state index in [9.17, 15) is 9.59 Å². The van der Waals surface area contributed by atoms with Crippen molar-refractivity contribution < 1.29 is 14.7 Å². The first kappa shape index (κ1) is 13.3. The number of rotatable bonds is 3. The van der Waals surface area contributed by atoms with Gasteiger partial charge in [0, 0.05) is 5.56 Å². The minimum Gasteiger partial charge on any atom is -0.478 e. The number of carbonyl (C=O) groups is 2. The molecule has 2 aromatic carbocycles. The van der Waals surface area contributed by atoms with Crippen LogP contribution in [0.3, 0.4) is 0 Å². The smallest absolute Gasteiger partial charge is 0.336 e. The standard InChI is InChI=1S/C15H11ClO3/c1-9-7-8-11(15(18)19)12(13(9)16)14(17)10-5-3-2-4-6-10/h2-8H,1H3,(H,18,19). The van der Waals surface area contributed by atoms with Gasteiger partial charge in [-0.2, -0.15) is 0 Å². The van der Waals surface area contributed by atoms with E-state index in [1.807, 2.05) is 0 Å². The molecule has 0 aromatic heterocycles. The van der Waals surface area contributed by atoms with E-state index in [1.54, 1.807) is 43.3 Å². The first-order chi connectivity index (χ1) is 9.02. The van der Waals surface area contributed by atoms with Gasteiger partial charge in [-0.25, -0.2) is 4.79 Å². The van der Waals surface area contributed by atoms with Crippen LogP contribution in [0.1, 0.15) is 31.8 Å². The Kier molecular flexibility index (Phi) is 3.67. The average Bonchev–Trinajstić information content (AvgIpc) is 2.41. The van der Waals surface area contributed by atoms with Crippen molar-refractivity contribution in [3.05, 3.63) is 69.7 Å². The van der Waals surface area contributed by atoms with Crippen molar-refractivity contribution in [1.82, 2.24) is 0 Å². The van der Waals surface area contributed by atoms with Crippen LogP contribution in [0.25, 0.3) is 0 Å². The van der Waals surface area contributed by atoms with Gasteiger partial charge in [-0.15, -0.1) is 0 Å². The lowest BCUT2D eigenvalue weighted by atomic mass is 9.96. The molecular weight excluding hydrogens is 264 g/mol. The Balaban J connectivity index is 2.64. The molecule has 1 N–H and O–H groups in total. The largest absolute Gasteiger partial charge is 0.478 e.